The zero-order valence-electron chi connectivity index (χ0n) is 13.5. The second-order valence-electron chi connectivity index (χ2n) is 6.41. The van der Waals surface area contributed by atoms with Crippen LogP contribution in [-0.2, 0) is 20.8 Å². The molecule has 2 N–H and O–H groups in total. The Morgan fingerprint density at radius 2 is 2.39 bits per heavy atom. The molecule has 2 fully saturated rings. The zero-order valence-corrected chi connectivity index (χ0v) is 13.5. The molecule has 1 aromatic rings. The number of nitrogens with one attached hydrogen (secondary N) is 1. The van der Waals surface area contributed by atoms with Crippen LogP contribution in [0.5, 0.6) is 0 Å². The minimum atomic E-state index is -0.754. The number of aliphatic hydroxyl groups is 1. The van der Waals surface area contributed by atoms with Crippen LogP contribution in [0, 0.1) is 11.3 Å². The summed E-state index contributed by atoms with van der Waals surface area (Å²) in [6.45, 7) is 4.54. The van der Waals surface area contributed by atoms with Gasteiger partial charge in [0.25, 0.3) is 0 Å². The van der Waals surface area contributed by atoms with Gasteiger partial charge < -0.3 is 19.9 Å². The minimum absolute atomic E-state index is 0.0470. The molecule has 2 atom stereocenters. The third-order valence-electron chi connectivity index (χ3n) is 4.85. The van der Waals surface area contributed by atoms with Gasteiger partial charge in [0.2, 0.25) is 5.91 Å². The second-order valence-corrected chi connectivity index (χ2v) is 6.41. The third-order valence-corrected chi connectivity index (χ3v) is 4.85. The number of nitrogens with zero attached hydrogens (tertiary/aromatic N) is 2. The van der Waals surface area contributed by atoms with Crippen molar-refractivity contribution in [1.29, 1.82) is 0 Å². The van der Waals surface area contributed by atoms with Gasteiger partial charge in [-0.2, -0.15) is 5.10 Å². The van der Waals surface area contributed by atoms with Crippen LogP contribution in [0.2, 0.25) is 0 Å². The Labute approximate surface area is 136 Å². The lowest BCUT2D eigenvalue weighted by molar-refractivity contribution is -0.170. The smallest absolute Gasteiger partial charge is 0.233 e. The maximum absolute atomic E-state index is 12.3. The predicted molar refractivity (Wildman–Crippen MR) is 82.7 cm³/mol. The molecule has 3 rings (SSSR count). The number of hydrogen-bond acceptors (Lipinski definition) is 5. The average Bonchev–Trinajstić information content (AvgIpc) is 3.01. The molecule has 0 spiro atoms. The van der Waals surface area contributed by atoms with Crippen molar-refractivity contribution in [3.8, 4) is 0 Å². The highest BCUT2D eigenvalue weighted by atomic mass is 16.5. The van der Waals surface area contributed by atoms with Crippen molar-refractivity contribution in [2.75, 3.05) is 33.0 Å². The number of aryl methyl sites for hydroxylation is 1. The number of carbonyl (C=O) groups is 1. The Kier molecular flexibility index (Phi) is 4.99. The van der Waals surface area contributed by atoms with Crippen LogP contribution in [-0.4, -0.2) is 53.8 Å². The zero-order chi connectivity index (χ0) is 16.3. The Hall–Kier alpha value is -1.44. The van der Waals surface area contributed by atoms with Crippen LogP contribution in [0.15, 0.2) is 12.3 Å². The van der Waals surface area contributed by atoms with E-state index in [4.69, 9.17) is 9.47 Å². The van der Waals surface area contributed by atoms with Crippen molar-refractivity contribution >= 4 is 5.91 Å². The maximum atomic E-state index is 12.3. The standard InChI is InChI=1S/C16H25N3O4/c1-2-19-13(5-6-18-19)14-12(4-3-7-23-14)8-17-15(21)16(9-20)10-22-11-16/h5-6,12,14,20H,2-4,7-11H2,1H3,(H,17,21)/t12-,14+/m0/s1. The third kappa shape index (κ3) is 3.13. The van der Waals surface area contributed by atoms with E-state index in [0.29, 0.717) is 19.8 Å². The van der Waals surface area contributed by atoms with Gasteiger partial charge in [0.15, 0.2) is 0 Å². The normalized spacial score (nSPS) is 26.5. The lowest BCUT2D eigenvalue weighted by Crippen LogP contribution is -2.57. The van der Waals surface area contributed by atoms with Crippen LogP contribution in [0.3, 0.4) is 0 Å². The summed E-state index contributed by atoms with van der Waals surface area (Å²) >= 11 is 0. The number of hydrogen-bond donors (Lipinski definition) is 2. The highest BCUT2D eigenvalue weighted by molar-refractivity contribution is 5.83. The van der Waals surface area contributed by atoms with Gasteiger partial charge in [0, 0.05) is 31.8 Å². The fourth-order valence-electron chi connectivity index (χ4n) is 3.28. The molecule has 2 aliphatic rings. The summed E-state index contributed by atoms with van der Waals surface area (Å²) in [5, 5.41) is 16.7. The first kappa shape index (κ1) is 16.4. The molecule has 1 aromatic heterocycles. The Morgan fingerprint density at radius 3 is 3.04 bits per heavy atom. The molecule has 23 heavy (non-hydrogen) atoms. The van der Waals surface area contributed by atoms with Crippen LogP contribution >= 0.6 is 0 Å². The second kappa shape index (κ2) is 6.98. The summed E-state index contributed by atoms with van der Waals surface area (Å²) in [4.78, 5) is 12.3. The van der Waals surface area contributed by atoms with Crippen LogP contribution in [0.25, 0.3) is 0 Å². The maximum Gasteiger partial charge on any atom is 0.233 e. The molecule has 128 valence electrons. The largest absolute Gasteiger partial charge is 0.395 e. The molecule has 0 saturated carbocycles. The summed E-state index contributed by atoms with van der Waals surface area (Å²) in [5.41, 5.74) is 0.311. The van der Waals surface area contributed by atoms with E-state index in [1.165, 1.54) is 0 Å². The lowest BCUT2D eigenvalue weighted by Gasteiger charge is -2.39. The average molecular weight is 323 g/mol. The summed E-state index contributed by atoms with van der Waals surface area (Å²) in [5.74, 6) is 0.0889. The van der Waals surface area contributed by atoms with Crippen molar-refractivity contribution in [2.24, 2.45) is 11.3 Å². The lowest BCUT2D eigenvalue weighted by atomic mass is 9.85. The number of aromatic nitrogens is 2. The number of rotatable bonds is 6. The molecule has 2 aliphatic heterocycles. The first-order valence-electron chi connectivity index (χ1n) is 8.30. The van der Waals surface area contributed by atoms with Gasteiger partial charge >= 0.3 is 0 Å². The Bertz CT molecular complexity index is 536. The predicted octanol–water partition coefficient (Wildman–Crippen LogP) is 0.496. The van der Waals surface area contributed by atoms with Crippen molar-refractivity contribution in [3.05, 3.63) is 18.0 Å². The van der Waals surface area contributed by atoms with Gasteiger partial charge in [-0.05, 0) is 25.8 Å². The van der Waals surface area contributed by atoms with E-state index in [1.807, 2.05) is 10.7 Å². The van der Waals surface area contributed by atoms with Crippen LogP contribution in [0.4, 0.5) is 0 Å². The van der Waals surface area contributed by atoms with E-state index in [1.54, 1.807) is 6.20 Å². The number of amides is 1. The molecule has 2 saturated heterocycles. The molecular weight excluding hydrogens is 298 g/mol. The highest BCUT2D eigenvalue weighted by Crippen LogP contribution is 2.34. The first-order valence-corrected chi connectivity index (χ1v) is 8.30. The topological polar surface area (TPSA) is 85.6 Å². The van der Waals surface area contributed by atoms with Crippen LogP contribution in [0.1, 0.15) is 31.6 Å². The van der Waals surface area contributed by atoms with Crippen molar-refractivity contribution < 1.29 is 19.4 Å². The van der Waals surface area contributed by atoms with Gasteiger partial charge in [0.05, 0.1) is 25.5 Å². The summed E-state index contributed by atoms with van der Waals surface area (Å²) in [7, 11) is 0. The summed E-state index contributed by atoms with van der Waals surface area (Å²) in [6.07, 6.45) is 3.74. The molecule has 7 heteroatoms. The van der Waals surface area contributed by atoms with E-state index >= 15 is 0 Å². The molecule has 0 unspecified atom stereocenters. The van der Waals surface area contributed by atoms with Crippen molar-refractivity contribution in [3.63, 3.8) is 0 Å². The molecule has 1 amide bonds. The molecule has 0 radical (unpaired) electrons. The van der Waals surface area contributed by atoms with Crippen molar-refractivity contribution in [1.82, 2.24) is 15.1 Å². The van der Waals surface area contributed by atoms with E-state index in [2.05, 4.69) is 17.3 Å². The van der Waals surface area contributed by atoms with Gasteiger partial charge in [0.1, 0.15) is 11.5 Å². The molecular formula is C16H25N3O4. The number of ether oxygens (including phenoxy) is 2. The number of carbonyl (C=O) groups excluding carboxylic acids is 1. The molecule has 0 bridgehead atoms. The molecule has 0 aromatic carbocycles. The first-order chi connectivity index (χ1) is 11.2. The number of aliphatic hydroxyl groups excluding tert-OH is 1. The molecule has 0 aliphatic carbocycles. The molecule has 3 heterocycles. The SMILES string of the molecule is CCn1nccc1[C@@H]1OCCC[C@H]1CNC(=O)C1(CO)COC1. The Balaban J connectivity index is 1.64. The quantitative estimate of drug-likeness (QED) is 0.796. The van der Waals surface area contributed by atoms with Gasteiger partial charge in [-0.15, -0.1) is 0 Å². The van der Waals surface area contributed by atoms with E-state index in [9.17, 15) is 9.90 Å². The summed E-state index contributed by atoms with van der Waals surface area (Å²) < 4.78 is 13.0. The fourth-order valence-corrected chi connectivity index (χ4v) is 3.28. The van der Waals surface area contributed by atoms with E-state index < -0.39 is 5.41 Å². The fraction of sp³-hybridized carbons (Fsp3) is 0.750. The molecule has 7 nitrogen and oxygen atoms in total. The highest BCUT2D eigenvalue weighted by Gasteiger charge is 2.45. The van der Waals surface area contributed by atoms with Crippen LogP contribution < -0.4 is 5.32 Å². The Morgan fingerprint density at radius 1 is 1.57 bits per heavy atom. The van der Waals surface area contributed by atoms with Gasteiger partial charge in [-0.3, -0.25) is 9.48 Å². The van der Waals surface area contributed by atoms with Gasteiger partial charge in [-0.25, -0.2) is 0 Å². The van der Waals surface area contributed by atoms with Gasteiger partial charge in [-0.1, -0.05) is 0 Å². The summed E-state index contributed by atoms with van der Waals surface area (Å²) in [6, 6.07) is 1.99. The minimum Gasteiger partial charge on any atom is -0.395 e. The van der Waals surface area contributed by atoms with E-state index in [0.717, 1.165) is 31.7 Å². The monoisotopic (exact) mass is 323 g/mol. The van der Waals surface area contributed by atoms with E-state index in [-0.39, 0.29) is 24.5 Å². The van der Waals surface area contributed by atoms with Crippen molar-refractivity contribution in [2.45, 2.75) is 32.4 Å².